The Balaban J connectivity index is 1.82. The van der Waals surface area contributed by atoms with Gasteiger partial charge in [0.2, 0.25) is 0 Å². The summed E-state index contributed by atoms with van der Waals surface area (Å²) in [7, 11) is 3.17. The van der Waals surface area contributed by atoms with E-state index in [1.165, 1.54) is 0 Å². The van der Waals surface area contributed by atoms with Gasteiger partial charge in [-0.3, -0.25) is 4.79 Å². The highest BCUT2D eigenvalue weighted by Gasteiger charge is 2.20. The first-order valence-electron chi connectivity index (χ1n) is 10.9. The van der Waals surface area contributed by atoms with E-state index >= 15 is 0 Å². The first kappa shape index (κ1) is 23.3. The fourth-order valence-corrected chi connectivity index (χ4v) is 3.27. The summed E-state index contributed by atoms with van der Waals surface area (Å²) in [5.74, 6) is 1.02. The number of rotatable bonds is 12. The number of carbonyl (C=O) groups excluding carboxylic acids is 1. The third-order valence-corrected chi connectivity index (χ3v) is 5.03. The van der Waals surface area contributed by atoms with Crippen LogP contribution in [0.2, 0.25) is 0 Å². The second-order valence-corrected chi connectivity index (χ2v) is 7.32. The standard InChI is InChI=1S/C25H31N3O4/c1-4-5-15-32-16-9-14-26-25(29)21-18-28(20-10-7-6-8-11-20)27-24(21)19-12-13-22(30-2)23(17-19)31-3/h6-8,10-13,17-18H,4-5,9,14-16H2,1-3H3,(H,26,29). The molecule has 32 heavy (non-hydrogen) atoms. The van der Waals surface area contributed by atoms with Crippen molar-refractivity contribution in [1.29, 1.82) is 0 Å². The molecule has 1 aromatic heterocycles. The minimum Gasteiger partial charge on any atom is -0.493 e. The number of para-hydroxylation sites is 1. The Morgan fingerprint density at radius 3 is 2.47 bits per heavy atom. The summed E-state index contributed by atoms with van der Waals surface area (Å²) in [6.45, 7) is 4.06. The molecule has 1 heterocycles. The molecule has 0 spiro atoms. The lowest BCUT2D eigenvalue weighted by molar-refractivity contribution is 0.0941. The van der Waals surface area contributed by atoms with Gasteiger partial charge in [0.1, 0.15) is 5.69 Å². The molecule has 2 aromatic carbocycles. The first-order chi connectivity index (χ1) is 15.7. The highest BCUT2D eigenvalue weighted by Crippen LogP contribution is 2.33. The number of methoxy groups -OCH3 is 2. The van der Waals surface area contributed by atoms with Gasteiger partial charge in [-0.05, 0) is 43.2 Å². The third-order valence-electron chi connectivity index (χ3n) is 5.03. The SMILES string of the molecule is CCCCOCCCNC(=O)c1cn(-c2ccccc2)nc1-c1ccc(OC)c(OC)c1. The molecule has 0 unspecified atom stereocenters. The van der Waals surface area contributed by atoms with E-state index in [9.17, 15) is 4.79 Å². The maximum absolute atomic E-state index is 13.0. The van der Waals surface area contributed by atoms with Gasteiger partial charge in [0, 0.05) is 31.5 Å². The van der Waals surface area contributed by atoms with Crippen molar-refractivity contribution in [3.8, 4) is 28.4 Å². The lowest BCUT2D eigenvalue weighted by atomic mass is 10.1. The van der Waals surface area contributed by atoms with Crippen LogP contribution in [0, 0.1) is 0 Å². The fourth-order valence-electron chi connectivity index (χ4n) is 3.27. The van der Waals surface area contributed by atoms with Crippen LogP contribution in [0.1, 0.15) is 36.5 Å². The molecule has 7 heteroatoms. The molecule has 0 aliphatic rings. The lowest BCUT2D eigenvalue weighted by Gasteiger charge is -2.10. The average molecular weight is 438 g/mol. The van der Waals surface area contributed by atoms with Crippen molar-refractivity contribution in [1.82, 2.24) is 15.1 Å². The van der Waals surface area contributed by atoms with E-state index in [2.05, 4.69) is 12.2 Å². The summed E-state index contributed by atoms with van der Waals surface area (Å²) in [6, 6.07) is 15.2. The molecule has 0 aliphatic heterocycles. The maximum atomic E-state index is 13.0. The van der Waals surface area contributed by atoms with Gasteiger partial charge in [-0.1, -0.05) is 31.5 Å². The monoisotopic (exact) mass is 437 g/mol. The molecule has 7 nitrogen and oxygen atoms in total. The maximum Gasteiger partial charge on any atom is 0.255 e. The highest BCUT2D eigenvalue weighted by atomic mass is 16.5. The smallest absolute Gasteiger partial charge is 0.255 e. The van der Waals surface area contributed by atoms with Crippen LogP contribution in [-0.4, -0.2) is 49.7 Å². The van der Waals surface area contributed by atoms with E-state index < -0.39 is 0 Å². The summed E-state index contributed by atoms with van der Waals surface area (Å²) >= 11 is 0. The van der Waals surface area contributed by atoms with Gasteiger partial charge in [0.15, 0.2) is 11.5 Å². The number of nitrogens with one attached hydrogen (secondary N) is 1. The molecule has 0 fully saturated rings. The minimum atomic E-state index is -0.175. The van der Waals surface area contributed by atoms with Gasteiger partial charge in [0.25, 0.3) is 5.91 Å². The van der Waals surface area contributed by atoms with Crippen molar-refractivity contribution < 1.29 is 19.0 Å². The van der Waals surface area contributed by atoms with Crippen molar-refractivity contribution in [3.05, 3.63) is 60.3 Å². The van der Waals surface area contributed by atoms with Crippen molar-refractivity contribution in [3.63, 3.8) is 0 Å². The van der Waals surface area contributed by atoms with Crippen LogP contribution in [0.3, 0.4) is 0 Å². The van der Waals surface area contributed by atoms with E-state index in [0.717, 1.165) is 37.1 Å². The van der Waals surface area contributed by atoms with Gasteiger partial charge >= 0.3 is 0 Å². The van der Waals surface area contributed by atoms with Crippen molar-refractivity contribution in [2.75, 3.05) is 34.0 Å². The molecule has 1 N–H and O–H groups in total. The third kappa shape index (κ3) is 5.88. The number of unbranched alkanes of at least 4 members (excludes halogenated alkanes) is 1. The number of hydrogen-bond donors (Lipinski definition) is 1. The van der Waals surface area contributed by atoms with Crippen LogP contribution < -0.4 is 14.8 Å². The van der Waals surface area contributed by atoms with Gasteiger partial charge < -0.3 is 19.5 Å². The van der Waals surface area contributed by atoms with Crippen LogP contribution in [0.15, 0.2) is 54.7 Å². The zero-order valence-electron chi connectivity index (χ0n) is 19.0. The Morgan fingerprint density at radius 1 is 1.00 bits per heavy atom. The van der Waals surface area contributed by atoms with Gasteiger partial charge in [-0.25, -0.2) is 4.68 Å². The van der Waals surface area contributed by atoms with Crippen molar-refractivity contribution in [2.45, 2.75) is 26.2 Å². The Kier molecular flexibility index (Phi) is 8.69. The number of amides is 1. The molecule has 3 aromatic rings. The van der Waals surface area contributed by atoms with Crippen LogP contribution in [0.5, 0.6) is 11.5 Å². The molecule has 1 amide bonds. The zero-order chi connectivity index (χ0) is 22.8. The molecule has 3 rings (SSSR count). The highest BCUT2D eigenvalue weighted by molar-refractivity contribution is 6.00. The molecule has 0 aliphatic carbocycles. The molecule has 170 valence electrons. The Hall–Kier alpha value is -3.32. The molecule has 0 radical (unpaired) electrons. The van der Waals surface area contributed by atoms with E-state index in [-0.39, 0.29) is 5.91 Å². The topological polar surface area (TPSA) is 74.6 Å². The van der Waals surface area contributed by atoms with Gasteiger partial charge in [0.05, 0.1) is 25.5 Å². The van der Waals surface area contributed by atoms with E-state index in [4.69, 9.17) is 19.3 Å². The van der Waals surface area contributed by atoms with Crippen LogP contribution in [0.4, 0.5) is 0 Å². The Morgan fingerprint density at radius 2 is 1.75 bits per heavy atom. The van der Waals surface area contributed by atoms with Crippen LogP contribution >= 0.6 is 0 Å². The van der Waals surface area contributed by atoms with E-state index in [1.807, 2.05) is 48.5 Å². The molecule has 0 saturated heterocycles. The summed E-state index contributed by atoms with van der Waals surface area (Å²) in [6.07, 6.45) is 4.68. The molecule has 0 atom stereocenters. The van der Waals surface area contributed by atoms with Crippen molar-refractivity contribution >= 4 is 5.91 Å². The number of carbonyl (C=O) groups is 1. The largest absolute Gasteiger partial charge is 0.493 e. The minimum absolute atomic E-state index is 0.175. The van der Waals surface area contributed by atoms with Crippen molar-refractivity contribution in [2.24, 2.45) is 0 Å². The number of aromatic nitrogens is 2. The predicted octanol–water partition coefficient (Wildman–Crippen LogP) is 4.49. The fraction of sp³-hybridized carbons (Fsp3) is 0.360. The summed E-state index contributed by atoms with van der Waals surface area (Å²) in [5, 5.41) is 7.70. The quantitative estimate of drug-likeness (QED) is 0.423. The second-order valence-electron chi connectivity index (χ2n) is 7.32. The first-order valence-corrected chi connectivity index (χ1v) is 10.9. The van der Waals surface area contributed by atoms with Crippen LogP contribution in [-0.2, 0) is 4.74 Å². The number of hydrogen-bond acceptors (Lipinski definition) is 5. The normalized spacial score (nSPS) is 10.7. The van der Waals surface area contributed by atoms with E-state index in [0.29, 0.717) is 35.9 Å². The number of nitrogens with zero attached hydrogens (tertiary/aromatic N) is 2. The predicted molar refractivity (Wildman–Crippen MR) is 125 cm³/mol. The Labute approximate surface area is 189 Å². The molecular weight excluding hydrogens is 406 g/mol. The lowest BCUT2D eigenvalue weighted by Crippen LogP contribution is -2.25. The summed E-state index contributed by atoms with van der Waals surface area (Å²) in [5.41, 5.74) is 2.71. The summed E-state index contributed by atoms with van der Waals surface area (Å²) in [4.78, 5) is 13.0. The zero-order valence-corrected chi connectivity index (χ0v) is 19.0. The van der Waals surface area contributed by atoms with Gasteiger partial charge in [-0.15, -0.1) is 0 Å². The number of ether oxygens (including phenoxy) is 3. The molecular formula is C25H31N3O4. The average Bonchev–Trinajstić information content (AvgIpc) is 3.29. The second kappa shape index (κ2) is 11.9. The van der Waals surface area contributed by atoms with E-state index in [1.54, 1.807) is 25.1 Å². The molecule has 0 saturated carbocycles. The Bertz CT molecular complexity index is 1000. The summed E-state index contributed by atoms with van der Waals surface area (Å²) < 4.78 is 18.1. The molecule has 0 bridgehead atoms. The number of benzene rings is 2. The van der Waals surface area contributed by atoms with Crippen LogP contribution in [0.25, 0.3) is 16.9 Å². The van der Waals surface area contributed by atoms with Gasteiger partial charge in [-0.2, -0.15) is 5.10 Å².